The molecule has 0 aliphatic carbocycles. The highest BCUT2D eigenvalue weighted by molar-refractivity contribution is 5.75. The average molecular weight is 136 g/mol. The molecule has 0 saturated carbocycles. The van der Waals surface area contributed by atoms with Crippen molar-refractivity contribution in [3.05, 3.63) is 0 Å². The number of carbonyl (C=O) groups is 1. The van der Waals surface area contributed by atoms with Crippen molar-refractivity contribution in [1.29, 1.82) is 0 Å². The first-order valence-corrected chi connectivity index (χ1v) is 0.651. The van der Waals surface area contributed by atoms with Gasteiger partial charge in [-0.05, 0) is 0 Å². The lowest BCUT2D eigenvalue weighted by Gasteiger charge is -1.60. The lowest BCUT2D eigenvalue weighted by molar-refractivity contribution is 0.137. The van der Waals surface area contributed by atoms with Crippen LogP contribution in [0.2, 0.25) is 0 Å². The molecule has 0 unspecified atom stereocenters. The summed E-state index contributed by atoms with van der Waals surface area (Å²) in [6.07, 6.45) is -1.83. The quantitative estimate of drug-likeness (QED) is 0.441. The zero-order valence-corrected chi connectivity index (χ0v) is 3.03. The van der Waals surface area contributed by atoms with E-state index in [-0.39, 0.29) is 22.5 Å². The van der Waals surface area contributed by atoms with Crippen molar-refractivity contribution in [1.82, 2.24) is 0 Å². The molecule has 0 aliphatic rings. The van der Waals surface area contributed by atoms with Crippen molar-refractivity contribution in [3.8, 4) is 0 Å². The minimum absolute atomic E-state index is 0. The highest BCUT2D eigenvalue weighted by Gasteiger charge is 1.70. The summed E-state index contributed by atoms with van der Waals surface area (Å²) in [7, 11) is 0. The normalized spacial score (nSPS) is 3.00. The van der Waals surface area contributed by atoms with Crippen LogP contribution >= 0.6 is 0 Å². The van der Waals surface area contributed by atoms with Gasteiger partial charge in [0.25, 0.3) is 0 Å². The van der Waals surface area contributed by atoms with E-state index in [0.717, 1.165) is 0 Å². The van der Waals surface area contributed by atoms with Gasteiger partial charge in [0.1, 0.15) is 0 Å². The average Bonchev–Trinajstić information content (AvgIpc) is 0.811. The SMILES string of the molecule is B.F.F.F.O=C(O)O. The Morgan fingerprint density at radius 2 is 1.00 bits per heavy atom. The Labute approximate surface area is 45.0 Å². The molecule has 0 fully saturated rings. The Balaban J connectivity index is -0.00000000750. The Hall–Kier alpha value is -0.875. The van der Waals surface area contributed by atoms with Crippen LogP contribution in [0.4, 0.5) is 18.9 Å². The van der Waals surface area contributed by atoms with Gasteiger partial charge in [0.15, 0.2) is 0 Å². The van der Waals surface area contributed by atoms with Crippen LogP contribution in [0.15, 0.2) is 0 Å². The van der Waals surface area contributed by atoms with Gasteiger partial charge in [0.05, 0.1) is 8.41 Å². The van der Waals surface area contributed by atoms with Gasteiger partial charge in [-0.2, -0.15) is 0 Å². The third kappa shape index (κ3) is 114. The molecule has 0 aromatic heterocycles. The topological polar surface area (TPSA) is 57.5 Å². The van der Waals surface area contributed by atoms with Gasteiger partial charge < -0.3 is 10.2 Å². The molecule has 0 bridgehead atoms. The molecular weight excluding hydrogens is 128 g/mol. The number of hydrogen-bond donors (Lipinski definition) is 2. The third-order valence-corrected chi connectivity index (χ3v) is 0. The summed E-state index contributed by atoms with van der Waals surface area (Å²) >= 11 is 0. The van der Waals surface area contributed by atoms with Crippen LogP contribution in [0.25, 0.3) is 0 Å². The van der Waals surface area contributed by atoms with E-state index in [4.69, 9.17) is 15.0 Å². The predicted molar refractivity (Wildman–Crippen MR) is 28.1 cm³/mol. The largest absolute Gasteiger partial charge is 0.503 e. The maximum Gasteiger partial charge on any atom is 0.503 e. The summed E-state index contributed by atoms with van der Waals surface area (Å²) in [6.45, 7) is 0. The molecular formula is CH8BF3O3. The molecule has 0 heterocycles. The molecule has 0 aromatic carbocycles. The molecule has 3 nitrogen and oxygen atoms in total. The van der Waals surface area contributed by atoms with Crippen LogP contribution in [0.1, 0.15) is 0 Å². The highest BCUT2D eigenvalue weighted by Crippen LogP contribution is 1.42. The number of halogens is 3. The van der Waals surface area contributed by atoms with E-state index >= 15 is 0 Å². The number of rotatable bonds is 0. The zero-order chi connectivity index (χ0) is 3.58. The molecule has 7 heteroatoms. The van der Waals surface area contributed by atoms with Crippen molar-refractivity contribution in [2.75, 3.05) is 0 Å². The van der Waals surface area contributed by atoms with E-state index in [0.29, 0.717) is 0 Å². The van der Waals surface area contributed by atoms with Gasteiger partial charge in [-0.3, -0.25) is 14.1 Å². The summed E-state index contributed by atoms with van der Waals surface area (Å²) < 4.78 is 0. The Kier molecular flexibility index (Phi) is 264. The second kappa shape index (κ2) is 35.6. The Morgan fingerprint density at radius 1 is 1.00 bits per heavy atom. The maximum atomic E-state index is 8.56. The third-order valence-electron chi connectivity index (χ3n) is 0. The van der Waals surface area contributed by atoms with E-state index < -0.39 is 6.16 Å². The summed E-state index contributed by atoms with van der Waals surface area (Å²) in [5.41, 5.74) is 0. The number of hydrogen-bond acceptors (Lipinski definition) is 1. The molecule has 0 aliphatic heterocycles. The molecule has 8 heavy (non-hydrogen) atoms. The van der Waals surface area contributed by atoms with Gasteiger partial charge in [-0.15, -0.1) is 0 Å². The lowest BCUT2D eigenvalue weighted by Crippen LogP contribution is -1.81. The standard InChI is InChI=1S/CH2O3.BH3.3FH/c2-1(3)4;;;;/h(H2,2,3,4);1H3;3*1H. The minimum atomic E-state index is -1.83. The van der Waals surface area contributed by atoms with Gasteiger partial charge in [-0.25, -0.2) is 4.79 Å². The first kappa shape index (κ1) is 59.2. The fourth-order valence-corrected chi connectivity index (χ4v) is 0. The van der Waals surface area contributed by atoms with Crippen LogP contribution in [-0.2, 0) is 0 Å². The van der Waals surface area contributed by atoms with E-state index in [2.05, 4.69) is 0 Å². The van der Waals surface area contributed by atoms with Gasteiger partial charge in [0, 0.05) is 0 Å². The van der Waals surface area contributed by atoms with E-state index in [9.17, 15) is 0 Å². The van der Waals surface area contributed by atoms with Crippen molar-refractivity contribution < 1.29 is 29.1 Å². The fraction of sp³-hybridized carbons (Fsp3) is 0. The molecule has 0 amide bonds. The lowest BCUT2D eigenvalue weighted by atomic mass is 10.8. The smallest absolute Gasteiger partial charge is 0.450 e. The summed E-state index contributed by atoms with van der Waals surface area (Å²) in [5.74, 6) is 0. The number of carboxylic acid groups (broad SMARTS) is 2. The maximum absolute atomic E-state index is 8.56. The second-order valence-corrected chi connectivity index (χ2v) is 0.283. The Bertz CT molecular complexity index is 37.5. The zero-order valence-electron chi connectivity index (χ0n) is 3.03. The van der Waals surface area contributed by atoms with Crippen LogP contribution < -0.4 is 0 Å². The van der Waals surface area contributed by atoms with E-state index in [1.54, 1.807) is 0 Å². The van der Waals surface area contributed by atoms with Crippen LogP contribution in [-0.4, -0.2) is 24.8 Å². The van der Waals surface area contributed by atoms with Gasteiger partial charge in [-0.1, -0.05) is 0 Å². The summed E-state index contributed by atoms with van der Waals surface area (Å²) in [5, 5.41) is 13.9. The fourth-order valence-electron chi connectivity index (χ4n) is 0. The van der Waals surface area contributed by atoms with Crippen molar-refractivity contribution in [3.63, 3.8) is 0 Å². The molecule has 0 saturated heterocycles. The van der Waals surface area contributed by atoms with E-state index in [1.165, 1.54) is 0 Å². The second-order valence-electron chi connectivity index (χ2n) is 0.283. The molecule has 0 aromatic rings. The van der Waals surface area contributed by atoms with E-state index in [1.807, 2.05) is 0 Å². The van der Waals surface area contributed by atoms with Crippen LogP contribution in [0, 0.1) is 0 Å². The highest BCUT2D eigenvalue weighted by atomic mass is 19.0. The first-order valence-electron chi connectivity index (χ1n) is 0.651. The summed E-state index contributed by atoms with van der Waals surface area (Å²) in [6, 6.07) is 0. The van der Waals surface area contributed by atoms with Gasteiger partial charge >= 0.3 is 6.16 Å². The van der Waals surface area contributed by atoms with Crippen molar-refractivity contribution >= 4 is 14.6 Å². The monoisotopic (exact) mass is 136 g/mol. The molecule has 0 spiro atoms. The van der Waals surface area contributed by atoms with Crippen LogP contribution in [0.5, 0.6) is 0 Å². The first-order chi connectivity index (χ1) is 1.73. The summed E-state index contributed by atoms with van der Waals surface area (Å²) in [4.78, 5) is 8.56. The molecule has 0 radical (unpaired) electrons. The predicted octanol–water partition coefficient (Wildman–Crippen LogP) is -0.504. The van der Waals surface area contributed by atoms with Gasteiger partial charge in [0.2, 0.25) is 0 Å². The van der Waals surface area contributed by atoms with Crippen LogP contribution in [0.3, 0.4) is 0 Å². The molecule has 0 rings (SSSR count). The Morgan fingerprint density at radius 3 is 1.00 bits per heavy atom. The molecule has 2 N–H and O–H groups in total. The van der Waals surface area contributed by atoms with Crippen molar-refractivity contribution in [2.45, 2.75) is 0 Å². The minimum Gasteiger partial charge on any atom is -0.450 e. The molecule has 54 valence electrons. The molecule has 0 atom stereocenters. The van der Waals surface area contributed by atoms with Crippen molar-refractivity contribution in [2.24, 2.45) is 0 Å².